The maximum Gasteiger partial charge on any atom is 0.337 e. The van der Waals surface area contributed by atoms with Crippen molar-refractivity contribution in [1.82, 2.24) is 0 Å². The van der Waals surface area contributed by atoms with Gasteiger partial charge < -0.3 is 24.8 Å². The van der Waals surface area contributed by atoms with Gasteiger partial charge in [0.05, 0.1) is 31.4 Å². The van der Waals surface area contributed by atoms with Gasteiger partial charge in [-0.15, -0.1) is 0 Å². The van der Waals surface area contributed by atoms with E-state index in [2.05, 4.69) is 10.6 Å². The number of fused-ring (bicyclic) bond motifs is 2. The molecule has 3 atom stereocenters. The Bertz CT molecular complexity index is 1060. The van der Waals surface area contributed by atoms with Crippen LogP contribution in [0.25, 0.3) is 0 Å². The molecule has 0 saturated heterocycles. The van der Waals surface area contributed by atoms with Crippen molar-refractivity contribution in [3.63, 3.8) is 0 Å². The lowest BCUT2D eigenvalue weighted by atomic mass is 9.79. The van der Waals surface area contributed by atoms with E-state index in [1.807, 2.05) is 67.7 Å². The Morgan fingerprint density at radius 2 is 1.69 bits per heavy atom. The van der Waals surface area contributed by atoms with Crippen molar-refractivity contribution in [3.8, 4) is 0 Å². The summed E-state index contributed by atoms with van der Waals surface area (Å²) in [4.78, 5) is 25.5. The van der Waals surface area contributed by atoms with E-state index < -0.39 is 29.7 Å². The molecule has 32 heavy (non-hydrogen) atoms. The Morgan fingerprint density at radius 1 is 1.00 bits per heavy atom. The van der Waals surface area contributed by atoms with Crippen LogP contribution in [-0.2, 0) is 30.2 Å². The molecule has 2 aromatic carbocycles. The van der Waals surface area contributed by atoms with Crippen molar-refractivity contribution < 1.29 is 23.8 Å². The number of benzene rings is 2. The molecule has 2 aromatic rings. The maximum absolute atomic E-state index is 12.9. The van der Waals surface area contributed by atoms with E-state index in [-0.39, 0.29) is 11.1 Å². The fourth-order valence-corrected chi connectivity index (χ4v) is 4.33. The topological polar surface area (TPSA) is 85.9 Å². The number of anilines is 2. The number of rotatable bonds is 8. The molecular weight excluding hydrogens is 408 g/mol. The summed E-state index contributed by atoms with van der Waals surface area (Å²) in [6, 6.07) is 17.3. The van der Waals surface area contributed by atoms with Gasteiger partial charge >= 0.3 is 11.9 Å². The zero-order chi connectivity index (χ0) is 22.7. The van der Waals surface area contributed by atoms with Crippen LogP contribution in [0.2, 0.25) is 0 Å². The third-order valence-electron chi connectivity index (χ3n) is 5.89. The average Bonchev–Trinajstić information content (AvgIpc) is 3.42. The van der Waals surface area contributed by atoms with Crippen molar-refractivity contribution >= 4 is 23.3 Å². The highest BCUT2D eigenvalue weighted by atomic mass is 16.6. The first kappa shape index (κ1) is 21.6. The Hall–Kier alpha value is -3.58. The normalized spacial score (nSPS) is 21.9. The smallest absolute Gasteiger partial charge is 0.337 e. The highest BCUT2D eigenvalue weighted by Crippen LogP contribution is 2.47. The Labute approximate surface area is 187 Å². The zero-order valence-electron chi connectivity index (χ0n) is 18.3. The Balaban J connectivity index is 1.79. The van der Waals surface area contributed by atoms with Crippen LogP contribution in [0.3, 0.4) is 0 Å². The van der Waals surface area contributed by atoms with Crippen molar-refractivity contribution in [3.05, 3.63) is 83.5 Å². The number of ether oxygens (including phenoxy) is 3. The summed E-state index contributed by atoms with van der Waals surface area (Å²) >= 11 is 0. The van der Waals surface area contributed by atoms with Crippen LogP contribution in [0.5, 0.6) is 0 Å². The molecule has 0 saturated carbocycles. The molecule has 4 rings (SSSR count). The highest BCUT2D eigenvalue weighted by Gasteiger charge is 2.58. The number of esters is 2. The quantitative estimate of drug-likeness (QED) is 0.488. The molecule has 7 heteroatoms. The summed E-state index contributed by atoms with van der Waals surface area (Å²) in [7, 11) is 4.45. The standard InChI is InChI=1S/C25H26N2O5/c1-26-17-11-9-16(10-12-17)15-20(27-18-7-5-4-6-8-18)25-14-13-19(32-25)21(23(28)30-2)22(25)24(29)31-3/h4-14,19-20,26-27H,15H2,1-3H3. The van der Waals surface area contributed by atoms with Gasteiger partial charge in [-0.1, -0.05) is 36.4 Å². The minimum Gasteiger partial charge on any atom is -0.466 e. The predicted octanol–water partition coefficient (Wildman–Crippen LogP) is 3.10. The first-order valence-corrected chi connectivity index (χ1v) is 10.4. The molecule has 7 nitrogen and oxygen atoms in total. The van der Waals surface area contributed by atoms with Crippen LogP contribution < -0.4 is 10.6 Å². The van der Waals surface area contributed by atoms with Crippen LogP contribution in [0.15, 0.2) is 77.9 Å². The van der Waals surface area contributed by atoms with E-state index >= 15 is 0 Å². The molecule has 0 radical (unpaired) electrons. The van der Waals surface area contributed by atoms with E-state index in [0.717, 1.165) is 16.9 Å². The van der Waals surface area contributed by atoms with Crippen LogP contribution in [0.4, 0.5) is 11.4 Å². The molecule has 0 spiro atoms. The van der Waals surface area contributed by atoms with E-state index in [1.165, 1.54) is 14.2 Å². The second-order valence-electron chi connectivity index (χ2n) is 7.68. The van der Waals surface area contributed by atoms with Crippen LogP contribution in [0.1, 0.15) is 5.56 Å². The van der Waals surface area contributed by atoms with Crippen LogP contribution in [0, 0.1) is 0 Å². The maximum atomic E-state index is 12.9. The molecular formula is C25H26N2O5. The number of nitrogens with one attached hydrogen (secondary N) is 2. The van der Waals surface area contributed by atoms with E-state index in [0.29, 0.717) is 6.42 Å². The highest BCUT2D eigenvalue weighted by molar-refractivity contribution is 6.05. The Morgan fingerprint density at radius 3 is 2.31 bits per heavy atom. The minimum atomic E-state index is -1.18. The van der Waals surface area contributed by atoms with Gasteiger partial charge in [0, 0.05) is 18.4 Å². The fourth-order valence-electron chi connectivity index (χ4n) is 4.33. The third-order valence-corrected chi connectivity index (χ3v) is 5.89. The molecule has 3 unspecified atom stereocenters. The van der Waals surface area contributed by atoms with Crippen molar-refractivity contribution in [2.24, 2.45) is 0 Å². The molecule has 2 heterocycles. The lowest BCUT2D eigenvalue weighted by Crippen LogP contribution is -2.49. The summed E-state index contributed by atoms with van der Waals surface area (Å²) in [5.74, 6) is -1.21. The zero-order valence-corrected chi connectivity index (χ0v) is 18.3. The molecule has 2 N–H and O–H groups in total. The fraction of sp³-hybridized carbons (Fsp3) is 0.280. The summed E-state index contributed by atoms with van der Waals surface area (Å²) < 4.78 is 16.3. The SMILES string of the molecule is CNc1ccc(CC(Nc2ccccc2)C23C=CC(O2)C(C(=O)OC)=C3C(=O)OC)cc1. The van der Waals surface area contributed by atoms with E-state index in [4.69, 9.17) is 14.2 Å². The van der Waals surface area contributed by atoms with E-state index in [1.54, 1.807) is 6.08 Å². The molecule has 0 amide bonds. The number of hydrogen-bond donors (Lipinski definition) is 2. The van der Waals surface area contributed by atoms with E-state index in [9.17, 15) is 9.59 Å². The van der Waals surface area contributed by atoms with Crippen molar-refractivity contribution in [2.45, 2.75) is 24.2 Å². The first-order chi connectivity index (χ1) is 15.5. The van der Waals surface area contributed by atoms with Gasteiger partial charge in [0.15, 0.2) is 0 Å². The van der Waals surface area contributed by atoms with Crippen LogP contribution >= 0.6 is 0 Å². The number of hydrogen-bond acceptors (Lipinski definition) is 7. The van der Waals surface area contributed by atoms with Crippen molar-refractivity contribution in [2.75, 3.05) is 31.9 Å². The average molecular weight is 434 g/mol. The lowest BCUT2D eigenvalue weighted by Gasteiger charge is -2.36. The second-order valence-corrected chi connectivity index (χ2v) is 7.68. The third kappa shape index (κ3) is 3.76. The van der Waals surface area contributed by atoms with Crippen LogP contribution in [-0.4, -0.2) is 51.0 Å². The van der Waals surface area contributed by atoms with Gasteiger partial charge in [0.2, 0.25) is 0 Å². The van der Waals surface area contributed by atoms with Gasteiger partial charge in [-0.25, -0.2) is 9.59 Å². The van der Waals surface area contributed by atoms with Crippen molar-refractivity contribution in [1.29, 1.82) is 0 Å². The van der Waals surface area contributed by atoms with Gasteiger partial charge in [0.25, 0.3) is 0 Å². The molecule has 166 valence electrons. The van der Waals surface area contributed by atoms with Gasteiger partial charge in [-0.05, 0) is 42.3 Å². The molecule has 0 fully saturated rings. The Kier molecular flexibility index (Phi) is 6.01. The molecule has 0 aromatic heterocycles. The molecule has 2 aliphatic rings. The molecule has 2 aliphatic heterocycles. The number of methoxy groups -OCH3 is 2. The monoisotopic (exact) mass is 434 g/mol. The number of carbonyl (C=O) groups excluding carboxylic acids is 2. The number of para-hydroxylation sites is 1. The number of carbonyl (C=O) groups is 2. The summed E-state index contributed by atoms with van der Waals surface area (Å²) in [5.41, 5.74) is 2.10. The summed E-state index contributed by atoms with van der Waals surface area (Å²) in [6.45, 7) is 0. The summed E-state index contributed by atoms with van der Waals surface area (Å²) in [5, 5.41) is 6.63. The summed E-state index contributed by atoms with van der Waals surface area (Å²) in [6.07, 6.45) is 3.51. The minimum absolute atomic E-state index is 0.180. The predicted molar refractivity (Wildman–Crippen MR) is 121 cm³/mol. The second kappa shape index (κ2) is 8.88. The molecule has 2 bridgehead atoms. The molecule has 0 aliphatic carbocycles. The van der Waals surface area contributed by atoms with Gasteiger partial charge in [0.1, 0.15) is 11.7 Å². The lowest BCUT2D eigenvalue weighted by molar-refractivity contribution is -0.139. The van der Waals surface area contributed by atoms with Gasteiger partial charge in [-0.2, -0.15) is 0 Å². The first-order valence-electron chi connectivity index (χ1n) is 10.4. The van der Waals surface area contributed by atoms with Gasteiger partial charge in [-0.3, -0.25) is 0 Å². The largest absolute Gasteiger partial charge is 0.466 e.